The molecule has 2 atom stereocenters. The van der Waals surface area contributed by atoms with Crippen LogP contribution >= 0.6 is 0 Å². The van der Waals surface area contributed by atoms with Crippen molar-refractivity contribution >= 4 is 49.7 Å². The third-order valence-electron chi connectivity index (χ3n) is 0.805. The molecule has 0 bridgehead atoms. The fraction of sp³-hybridized carbons (Fsp3) is 0.500. The second-order valence-corrected chi connectivity index (χ2v) is 1.57. The number of hydrogen-bond acceptors (Lipinski definition) is 4. The molecule has 6 nitrogen and oxygen atoms in total. The minimum Gasteiger partial charge on any atom is -1.00 e. The van der Waals surface area contributed by atoms with Crippen molar-refractivity contribution in [3.05, 3.63) is 0 Å². The molecule has 0 spiro atoms. The molecule has 0 aliphatic carbocycles. The second-order valence-electron chi connectivity index (χ2n) is 1.57. The van der Waals surface area contributed by atoms with Crippen molar-refractivity contribution in [2.45, 2.75) is 12.2 Å². The second kappa shape index (κ2) is 8.43. The Labute approximate surface area is 115 Å². The van der Waals surface area contributed by atoms with E-state index >= 15 is 0 Å². The van der Waals surface area contributed by atoms with Crippen LogP contribution in [0.4, 0.5) is 0 Å². The third-order valence-corrected chi connectivity index (χ3v) is 0.805. The minimum atomic E-state index is -2.27. The van der Waals surface area contributed by atoms with Gasteiger partial charge in [-0.05, 0) is 0 Å². The Hall–Kier alpha value is 0.834. The van der Waals surface area contributed by atoms with Crippen molar-refractivity contribution in [2.24, 2.45) is 0 Å². The minimum absolute atomic E-state index is 0. The van der Waals surface area contributed by atoms with E-state index in [1.54, 1.807) is 0 Å². The van der Waals surface area contributed by atoms with Gasteiger partial charge in [-0.3, -0.25) is 0 Å². The molecule has 0 radical (unpaired) electrons. The topological polar surface area (TPSA) is 115 Å². The number of carbonyl (C=O) groups is 2. The summed E-state index contributed by atoms with van der Waals surface area (Å²) < 4.78 is 0. The van der Waals surface area contributed by atoms with Gasteiger partial charge in [0.2, 0.25) is 0 Å². The summed E-state index contributed by atoms with van der Waals surface area (Å²) in [4.78, 5) is 19.5. The summed E-state index contributed by atoms with van der Waals surface area (Å²) in [6, 6.07) is 0. The molecule has 2 unspecified atom stereocenters. The predicted molar refractivity (Wildman–Crippen MR) is 35.3 cm³/mol. The first kappa shape index (κ1) is 18.6. The van der Waals surface area contributed by atoms with Crippen LogP contribution in [-0.2, 0) is 31.3 Å². The zero-order valence-corrected chi connectivity index (χ0v) is 9.74. The van der Waals surface area contributed by atoms with Gasteiger partial charge in [0.25, 0.3) is 0 Å². The smallest absolute Gasteiger partial charge is 1.00 e. The van der Waals surface area contributed by atoms with E-state index in [1.807, 2.05) is 0 Å². The number of carboxylic acids is 2. The van der Waals surface area contributed by atoms with Crippen LogP contribution in [0.1, 0.15) is 2.85 Å². The maximum absolute atomic E-state index is 9.77. The van der Waals surface area contributed by atoms with Crippen molar-refractivity contribution in [3.8, 4) is 0 Å². The van der Waals surface area contributed by atoms with Crippen molar-refractivity contribution in [1.82, 2.24) is 0 Å². The van der Waals surface area contributed by atoms with Gasteiger partial charge in [-0.2, -0.15) is 0 Å². The average Bonchev–Trinajstić information content (AvgIpc) is 1.84. The van der Waals surface area contributed by atoms with Gasteiger partial charge in [0, 0.05) is 21.7 Å². The summed E-state index contributed by atoms with van der Waals surface area (Å²) in [5.74, 6) is -3.54. The van der Waals surface area contributed by atoms with E-state index in [0.717, 1.165) is 0 Å². The van der Waals surface area contributed by atoms with Crippen LogP contribution in [0.5, 0.6) is 0 Å². The molecule has 0 aromatic heterocycles. The van der Waals surface area contributed by atoms with Crippen LogP contribution in [-0.4, -0.2) is 82.3 Å². The molecule has 4 N–H and O–H groups in total. The van der Waals surface area contributed by atoms with E-state index in [4.69, 9.17) is 20.4 Å². The summed E-state index contributed by atoms with van der Waals surface area (Å²) in [6.07, 6.45) is -4.53. The fourth-order valence-corrected chi connectivity index (χ4v) is 0.270. The molecular formula is C4H8CaO6Ti. The number of hydrogen-bond donors (Lipinski definition) is 4. The molecule has 0 fully saturated rings. The molecule has 0 aromatic carbocycles. The van der Waals surface area contributed by atoms with Gasteiger partial charge in [-0.15, -0.1) is 0 Å². The van der Waals surface area contributed by atoms with E-state index in [9.17, 15) is 9.59 Å². The first-order valence-electron chi connectivity index (χ1n) is 2.28. The molecule has 8 heteroatoms. The van der Waals surface area contributed by atoms with Crippen molar-refractivity contribution in [1.29, 1.82) is 0 Å². The monoisotopic (exact) mass is 240 g/mol. The van der Waals surface area contributed by atoms with Crippen molar-refractivity contribution in [3.63, 3.8) is 0 Å². The Kier molecular flexibility index (Phi) is 13.1. The largest absolute Gasteiger partial charge is 2.00 e. The first-order valence-corrected chi connectivity index (χ1v) is 2.28. The van der Waals surface area contributed by atoms with Gasteiger partial charge >= 0.3 is 49.7 Å². The molecular weight excluding hydrogens is 232 g/mol. The predicted octanol–water partition coefficient (Wildman–Crippen LogP) is -2.28. The Morgan fingerprint density at radius 2 is 1.17 bits per heavy atom. The zero-order chi connectivity index (χ0) is 8.31. The van der Waals surface area contributed by atoms with Gasteiger partial charge in [0.05, 0.1) is 0 Å². The number of carboxylic acid groups (broad SMARTS) is 2. The van der Waals surface area contributed by atoms with Crippen molar-refractivity contribution in [2.75, 3.05) is 0 Å². The SMILES string of the molecule is O=C(O)C(O)C(O)C(=O)O.[Ca+2].[H-].[H-].[Ti]. The number of aliphatic hydroxyl groups excluding tert-OH is 2. The van der Waals surface area contributed by atoms with Gasteiger partial charge in [0.1, 0.15) is 0 Å². The van der Waals surface area contributed by atoms with Crippen LogP contribution in [0.2, 0.25) is 0 Å². The van der Waals surface area contributed by atoms with Gasteiger partial charge < -0.3 is 23.3 Å². The van der Waals surface area contributed by atoms with E-state index in [0.29, 0.717) is 0 Å². The Morgan fingerprint density at radius 1 is 1.00 bits per heavy atom. The third kappa shape index (κ3) is 6.36. The number of rotatable bonds is 3. The molecule has 0 rings (SSSR count). The molecule has 0 aliphatic rings. The van der Waals surface area contributed by atoms with Crippen molar-refractivity contribution < 1.29 is 54.6 Å². The zero-order valence-electron chi connectivity index (χ0n) is 7.97. The Balaban J connectivity index is -0.0000000675. The summed E-state index contributed by atoms with van der Waals surface area (Å²) in [6.45, 7) is 0. The van der Waals surface area contributed by atoms with Gasteiger partial charge in [0.15, 0.2) is 12.2 Å². The molecule has 0 aliphatic heterocycles. The molecule has 0 amide bonds. The Bertz CT molecular complexity index is 152. The number of aliphatic carboxylic acids is 2. The number of aliphatic hydroxyl groups is 2. The summed E-state index contributed by atoms with van der Waals surface area (Å²) in [5.41, 5.74) is 0. The average molecular weight is 240 g/mol. The molecule has 66 valence electrons. The molecule has 0 saturated heterocycles. The van der Waals surface area contributed by atoms with E-state index in [1.165, 1.54) is 0 Å². The van der Waals surface area contributed by atoms with Gasteiger partial charge in [-0.1, -0.05) is 0 Å². The standard InChI is InChI=1S/C4H6O6.Ca.Ti.2H/c5-1(3(7)8)2(6)4(9)10;;;;/h1-2,5-6H,(H,7,8)(H,9,10);;;;/q;+2;;2*-1. The van der Waals surface area contributed by atoms with Crippen LogP contribution in [0.3, 0.4) is 0 Å². The van der Waals surface area contributed by atoms with Crippen LogP contribution in [0.15, 0.2) is 0 Å². The molecule has 0 saturated carbocycles. The van der Waals surface area contributed by atoms with Gasteiger partial charge in [-0.25, -0.2) is 9.59 Å². The fourth-order valence-electron chi connectivity index (χ4n) is 0.270. The van der Waals surface area contributed by atoms with Crippen LogP contribution < -0.4 is 0 Å². The van der Waals surface area contributed by atoms with Crippen LogP contribution in [0, 0.1) is 0 Å². The van der Waals surface area contributed by atoms with E-state index in [2.05, 4.69) is 0 Å². The van der Waals surface area contributed by atoms with Crippen LogP contribution in [0.25, 0.3) is 0 Å². The molecule has 0 heterocycles. The Morgan fingerprint density at radius 3 is 1.25 bits per heavy atom. The quantitative estimate of drug-likeness (QED) is 0.413. The molecule has 12 heavy (non-hydrogen) atoms. The first-order chi connectivity index (χ1) is 4.46. The summed E-state index contributed by atoms with van der Waals surface area (Å²) in [7, 11) is 0. The normalized spacial score (nSPS) is 13.2. The maximum atomic E-state index is 9.77. The molecule has 0 aromatic rings. The van der Waals surface area contributed by atoms with E-state index in [-0.39, 0.29) is 62.3 Å². The summed E-state index contributed by atoms with van der Waals surface area (Å²) in [5, 5.41) is 32.5. The maximum Gasteiger partial charge on any atom is 2.00 e. The van der Waals surface area contributed by atoms with E-state index < -0.39 is 24.1 Å². The summed E-state index contributed by atoms with van der Waals surface area (Å²) >= 11 is 0.